The highest BCUT2D eigenvalue weighted by atomic mass is 32.2. The SMILES string of the molecule is CCCCCC1SCC(C(=O)O)N1C(=O)C1CC1. The van der Waals surface area contributed by atoms with E-state index in [1.807, 2.05) is 0 Å². The van der Waals surface area contributed by atoms with Gasteiger partial charge in [-0.05, 0) is 19.3 Å². The Kier molecular flexibility index (Phi) is 4.54. The standard InChI is InChI=1S/C13H21NO3S/c1-2-3-4-5-11-14(12(15)9-6-7-9)10(8-18-11)13(16)17/h9-11H,2-8H2,1H3,(H,16,17). The number of hydrogen-bond acceptors (Lipinski definition) is 3. The van der Waals surface area contributed by atoms with Crippen molar-refractivity contribution in [3.05, 3.63) is 0 Å². The van der Waals surface area contributed by atoms with Crippen molar-refractivity contribution in [3.63, 3.8) is 0 Å². The Balaban J connectivity index is 1.99. The van der Waals surface area contributed by atoms with Gasteiger partial charge in [0.05, 0.1) is 5.37 Å². The summed E-state index contributed by atoms with van der Waals surface area (Å²) in [4.78, 5) is 25.1. The molecule has 18 heavy (non-hydrogen) atoms. The van der Waals surface area contributed by atoms with Crippen LogP contribution in [0.3, 0.4) is 0 Å². The third kappa shape index (κ3) is 2.99. The van der Waals surface area contributed by atoms with Crippen LogP contribution in [-0.4, -0.2) is 39.1 Å². The Hall–Kier alpha value is -0.710. The lowest BCUT2D eigenvalue weighted by Gasteiger charge is -2.27. The highest BCUT2D eigenvalue weighted by molar-refractivity contribution is 8.00. The normalized spacial score (nSPS) is 27.5. The molecule has 1 N–H and O–H groups in total. The fourth-order valence-corrected chi connectivity index (χ4v) is 3.83. The number of unbranched alkanes of at least 4 members (excludes halogenated alkanes) is 2. The van der Waals surface area contributed by atoms with E-state index >= 15 is 0 Å². The molecule has 1 heterocycles. The number of nitrogens with zero attached hydrogens (tertiary/aromatic N) is 1. The second-order valence-corrected chi connectivity index (χ2v) is 6.37. The summed E-state index contributed by atoms with van der Waals surface area (Å²) >= 11 is 1.64. The molecule has 1 amide bonds. The quantitative estimate of drug-likeness (QED) is 0.753. The van der Waals surface area contributed by atoms with Gasteiger partial charge in [-0.25, -0.2) is 4.79 Å². The van der Waals surface area contributed by atoms with E-state index in [-0.39, 0.29) is 17.2 Å². The molecule has 0 aromatic rings. The van der Waals surface area contributed by atoms with Crippen LogP contribution in [0.2, 0.25) is 0 Å². The minimum atomic E-state index is -0.852. The van der Waals surface area contributed by atoms with E-state index in [0.717, 1.165) is 38.5 Å². The third-order valence-corrected chi connectivity index (χ3v) is 4.97. The summed E-state index contributed by atoms with van der Waals surface area (Å²) in [5, 5.41) is 9.31. The maximum atomic E-state index is 12.2. The zero-order valence-electron chi connectivity index (χ0n) is 10.8. The number of carbonyl (C=O) groups excluding carboxylic acids is 1. The van der Waals surface area contributed by atoms with Gasteiger partial charge in [-0.3, -0.25) is 4.79 Å². The van der Waals surface area contributed by atoms with Gasteiger partial charge in [0.25, 0.3) is 0 Å². The van der Waals surface area contributed by atoms with E-state index in [1.165, 1.54) is 0 Å². The predicted molar refractivity (Wildman–Crippen MR) is 71.4 cm³/mol. The topological polar surface area (TPSA) is 57.6 Å². The fourth-order valence-electron chi connectivity index (χ4n) is 2.38. The number of hydrogen-bond donors (Lipinski definition) is 1. The Morgan fingerprint density at radius 3 is 2.61 bits per heavy atom. The van der Waals surface area contributed by atoms with E-state index in [9.17, 15) is 14.7 Å². The molecule has 1 saturated carbocycles. The molecule has 2 unspecified atom stereocenters. The first-order valence-corrected chi connectivity index (χ1v) is 7.86. The second kappa shape index (κ2) is 5.95. The summed E-state index contributed by atoms with van der Waals surface area (Å²) in [6.07, 6.45) is 6.19. The summed E-state index contributed by atoms with van der Waals surface area (Å²) in [5.74, 6) is -0.118. The minimum absolute atomic E-state index is 0.0777. The molecule has 0 spiro atoms. The Bertz CT molecular complexity index is 330. The van der Waals surface area contributed by atoms with Gasteiger partial charge in [-0.2, -0.15) is 0 Å². The van der Waals surface area contributed by atoms with Gasteiger partial charge < -0.3 is 10.0 Å². The van der Waals surface area contributed by atoms with Gasteiger partial charge in [0.1, 0.15) is 6.04 Å². The number of carbonyl (C=O) groups is 2. The molecule has 4 nitrogen and oxygen atoms in total. The third-order valence-electron chi connectivity index (χ3n) is 3.61. The van der Waals surface area contributed by atoms with Crippen molar-refractivity contribution in [1.82, 2.24) is 4.90 Å². The molecule has 2 atom stereocenters. The van der Waals surface area contributed by atoms with Crippen molar-refractivity contribution in [2.24, 2.45) is 5.92 Å². The van der Waals surface area contributed by atoms with Gasteiger partial charge in [0, 0.05) is 11.7 Å². The van der Waals surface area contributed by atoms with Gasteiger partial charge in [0.2, 0.25) is 5.91 Å². The summed E-state index contributed by atoms with van der Waals surface area (Å²) in [6, 6.07) is -0.602. The Morgan fingerprint density at radius 1 is 1.33 bits per heavy atom. The number of carboxylic acid groups (broad SMARTS) is 1. The van der Waals surface area contributed by atoms with Crippen molar-refractivity contribution in [3.8, 4) is 0 Å². The van der Waals surface area contributed by atoms with Crippen LogP contribution in [-0.2, 0) is 9.59 Å². The van der Waals surface area contributed by atoms with Gasteiger partial charge in [0.15, 0.2) is 0 Å². The molecule has 2 rings (SSSR count). The number of aliphatic carboxylic acids is 1. The molecule has 0 radical (unpaired) electrons. The summed E-state index contributed by atoms with van der Waals surface area (Å²) in [6.45, 7) is 2.15. The van der Waals surface area contributed by atoms with Gasteiger partial charge in [-0.15, -0.1) is 11.8 Å². The fraction of sp³-hybridized carbons (Fsp3) is 0.846. The van der Waals surface area contributed by atoms with Crippen LogP contribution >= 0.6 is 11.8 Å². The van der Waals surface area contributed by atoms with Crippen LogP contribution in [0.25, 0.3) is 0 Å². The molecular weight excluding hydrogens is 250 g/mol. The molecule has 2 aliphatic rings. The monoisotopic (exact) mass is 271 g/mol. The summed E-state index contributed by atoms with van der Waals surface area (Å²) in [5.41, 5.74) is 0. The number of carboxylic acids is 1. The van der Waals surface area contributed by atoms with Crippen molar-refractivity contribution >= 4 is 23.6 Å². The molecule has 1 aliphatic carbocycles. The number of amides is 1. The van der Waals surface area contributed by atoms with Crippen LogP contribution in [0, 0.1) is 5.92 Å². The minimum Gasteiger partial charge on any atom is -0.480 e. The summed E-state index contributed by atoms with van der Waals surface area (Å²) < 4.78 is 0. The van der Waals surface area contributed by atoms with Crippen LogP contribution in [0.15, 0.2) is 0 Å². The van der Waals surface area contributed by atoms with E-state index in [2.05, 4.69) is 6.92 Å². The lowest BCUT2D eigenvalue weighted by molar-refractivity contribution is -0.149. The molecule has 102 valence electrons. The first kappa shape index (κ1) is 13.7. The highest BCUT2D eigenvalue weighted by Gasteiger charge is 2.45. The van der Waals surface area contributed by atoms with E-state index < -0.39 is 12.0 Å². The first-order chi connectivity index (χ1) is 8.65. The van der Waals surface area contributed by atoms with E-state index in [4.69, 9.17) is 0 Å². The molecule has 2 fully saturated rings. The predicted octanol–water partition coefficient (Wildman–Crippen LogP) is 2.33. The lowest BCUT2D eigenvalue weighted by atomic mass is 10.1. The van der Waals surface area contributed by atoms with Gasteiger partial charge >= 0.3 is 5.97 Å². The Morgan fingerprint density at radius 2 is 2.06 bits per heavy atom. The largest absolute Gasteiger partial charge is 0.480 e. The average molecular weight is 271 g/mol. The number of thioether (sulfide) groups is 1. The molecule has 5 heteroatoms. The zero-order chi connectivity index (χ0) is 13.1. The molecule has 1 aliphatic heterocycles. The molecule has 0 aromatic carbocycles. The van der Waals surface area contributed by atoms with E-state index in [1.54, 1.807) is 16.7 Å². The molecular formula is C13H21NO3S. The Labute approximate surface area is 112 Å². The summed E-state index contributed by atoms with van der Waals surface area (Å²) in [7, 11) is 0. The van der Waals surface area contributed by atoms with Crippen molar-refractivity contribution in [2.45, 2.75) is 56.9 Å². The molecule has 1 saturated heterocycles. The van der Waals surface area contributed by atoms with Crippen LogP contribution in [0.4, 0.5) is 0 Å². The molecule has 0 aromatic heterocycles. The lowest BCUT2D eigenvalue weighted by Crippen LogP contribution is -2.46. The van der Waals surface area contributed by atoms with Crippen molar-refractivity contribution in [1.29, 1.82) is 0 Å². The van der Waals surface area contributed by atoms with Crippen LogP contribution in [0.5, 0.6) is 0 Å². The zero-order valence-corrected chi connectivity index (χ0v) is 11.6. The smallest absolute Gasteiger partial charge is 0.327 e. The first-order valence-electron chi connectivity index (χ1n) is 6.81. The van der Waals surface area contributed by atoms with E-state index in [0.29, 0.717) is 5.75 Å². The van der Waals surface area contributed by atoms with Crippen LogP contribution in [0.1, 0.15) is 45.4 Å². The highest BCUT2D eigenvalue weighted by Crippen LogP contribution is 2.39. The maximum Gasteiger partial charge on any atom is 0.327 e. The van der Waals surface area contributed by atoms with Crippen molar-refractivity contribution in [2.75, 3.05) is 5.75 Å². The molecule has 0 bridgehead atoms. The maximum absolute atomic E-state index is 12.2. The van der Waals surface area contributed by atoms with Crippen molar-refractivity contribution < 1.29 is 14.7 Å². The average Bonchev–Trinajstić information content (AvgIpc) is 3.09. The second-order valence-electron chi connectivity index (χ2n) is 5.16. The van der Waals surface area contributed by atoms with Crippen LogP contribution < -0.4 is 0 Å². The number of rotatable bonds is 6. The van der Waals surface area contributed by atoms with Gasteiger partial charge in [-0.1, -0.05) is 26.2 Å².